The molecule has 130 valence electrons. The van der Waals surface area contributed by atoms with Crippen LogP contribution in [0.4, 0.5) is 0 Å². The van der Waals surface area contributed by atoms with Crippen LogP contribution in [0.25, 0.3) is 10.9 Å². The number of hydrogen-bond acceptors (Lipinski definition) is 3. The van der Waals surface area contributed by atoms with E-state index in [2.05, 4.69) is 46.1 Å². The van der Waals surface area contributed by atoms with Gasteiger partial charge in [-0.1, -0.05) is 25.1 Å². The molecule has 1 aromatic carbocycles. The minimum atomic E-state index is -0.256. The Balaban J connectivity index is 1.66. The minimum absolute atomic E-state index is 0.256. The van der Waals surface area contributed by atoms with Gasteiger partial charge in [-0.2, -0.15) is 0 Å². The van der Waals surface area contributed by atoms with Crippen LogP contribution < -0.4 is 11.1 Å². The van der Waals surface area contributed by atoms with Gasteiger partial charge in [-0.3, -0.25) is 9.69 Å². The number of carbonyl (C=O) groups excluding carboxylic acids is 1. The molecule has 1 amide bonds. The molecule has 3 rings (SSSR count). The fraction of sp³-hybridized carbons (Fsp3) is 0.526. The molecule has 0 radical (unpaired) electrons. The summed E-state index contributed by atoms with van der Waals surface area (Å²) in [4.78, 5) is 13.6. The van der Waals surface area contributed by atoms with Crippen molar-refractivity contribution in [2.24, 2.45) is 5.73 Å². The van der Waals surface area contributed by atoms with Gasteiger partial charge in [0.2, 0.25) is 5.91 Å². The summed E-state index contributed by atoms with van der Waals surface area (Å²) in [6, 6.07) is 9.03. The lowest BCUT2D eigenvalue weighted by Gasteiger charge is -2.22. The van der Waals surface area contributed by atoms with E-state index in [1.165, 1.54) is 35.9 Å². The van der Waals surface area contributed by atoms with Gasteiger partial charge in [-0.15, -0.1) is 0 Å². The van der Waals surface area contributed by atoms with Crippen molar-refractivity contribution in [1.29, 1.82) is 0 Å². The fourth-order valence-electron chi connectivity index (χ4n) is 3.80. The Labute approximate surface area is 143 Å². The maximum Gasteiger partial charge on any atom is 0.219 e. The molecule has 1 saturated heterocycles. The first-order chi connectivity index (χ1) is 11.7. The zero-order valence-corrected chi connectivity index (χ0v) is 14.5. The van der Waals surface area contributed by atoms with E-state index in [0.717, 1.165) is 19.6 Å². The number of carbonyl (C=O) groups is 1. The van der Waals surface area contributed by atoms with Crippen LogP contribution in [0.15, 0.2) is 30.5 Å². The second-order valence-corrected chi connectivity index (χ2v) is 6.64. The van der Waals surface area contributed by atoms with E-state index in [4.69, 9.17) is 5.73 Å². The third kappa shape index (κ3) is 3.79. The number of rotatable bonds is 8. The lowest BCUT2D eigenvalue weighted by molar-refractivity contribution is -0.118. The summed E-state index contributed by atoms with van der Waals surface area (Å²) >= 11 is 0. The van der Waals surface area contributed by atoms with Crippen LogP contribution in [-0.4, -0.2) is 41.1 Å². The summed E-state index contributed by atoms with van der Waals surface area (Å²) in [5.41, 5.74) is 7.76. The zero-order valence-electron chi connectivity index (χ0n) is 14.5. The molecule has 0 spiro atoms. The standard InChI is InChI=1S/C19H28N4O/c1-2-22-10-5-6-16(22)13-21-12-15-14-23(11-9-19(20)24)18-8-4-3-7-17(15)18/h3-4,7-8,14,16,21H,2,5-6,9-13H2,1H3,(H2,20,24). The van der Waals surface area contributed by atoms with Crippen molar-refractivity contribution in [3.05, 3.63) is 36.0 Å². The van der Waals surface area contributed by atoms with E-state index in [0.29, 0.717) is 19.0 Å². The minimum Gasteiger partial charge on any atom is -0.370 e. The van der Waals surface area contributed by atoms with Gasteiger partial charge in [0, 0.05) is 49.2 Å². The predicted molar refractivity (Wildman–Crippen MR) is 97.7 cm³/mol. The Morgan fingerprint density at radius 3 is 3.00 bits per heavy atom. The second-order valence-electron chi connectivity index (χ2n) is 6.64. The monoisotopic (exact) mass is 328 g/mol. The molecular weight excluding hydrogens is 300 g/mol. The highest BCUT2D eigenvalue weighted by molar-refractivity contribution is 5.84. The SMILES string of the molecule is CCN1CCCC1CNCc1cn(CCC(N)=O)c2ccccc12. The molecule has 1 aliphatic rings. The van der Waals surface area contributed by atoms with Crippen molar-refractivity contribution in [2.75, 3.05) is 19.6 Å². The van der Waals surface area contributed by atoms with Gasteiger partial charge < -0.3 is 15.6 Å². The number of amides is 1. The number of benzene rings is 1. The normalized spacial score (nSPS) is 18.5. The van der Waals surface area contributed by atoms with E-state index in [-0.39, 0.29) is 5.91 Å². The largest absolute Gasteiger partial charge is 0.370 e. The molecule has 0 saturated carbocycles. The number of nitrogens with zero attached hydrogens (tertiary/aromatic N) is 2. The fourth-order valence-corrected chi connectivity index (χ4v) is 3.80. The number of likely N-dealkylation sites (tertiary alicyclic amines) is 1. The van der Waals surface area contributed by atoms with Gasteiger partial charge in [-0.25, -0.2) is 0 Å². The van der Waals surface area contributed by atoms with Gasteiger partial charge in [-0.05, 0) is 37.6 Å². The topological polar surface area (TPSA) is 63.3 Å². The Hall–Kier alpha value is -1.85. The van der Waals surface area contributed by atoms with E-state index in [9.17, 15) is 4.79 Å². The maximum atomic E-state index is 11.1. The number of aromatic nitrogens is 1. The van der Waals surface area contributed by atoms with Crippen LogP contribution in [0.2, 0.25) is 0 Å². The van der Waals surface area contributed by atoms with Crippen LogP contribution in [-0.2, 0) is 17.9 Å². The van der Waals surface area contributed by atoms with Crippen LogP contribution in [0, 0.1) is 0 Å². The third-order valence-corrected chi connectivity index (χ3v) is 5.07. The van der Waals surface area contributed by atoms with Gasteiger partial charge >= 0.3 is 0 Å². The molecular formula is C19H28N4O. The maximum absolute atomic E-state index is 11.1. The smallest absolute Gasteiger partial charge is 0.219 e. The Morgan fingerprint density at radius 1 is 1.38 bits per heavy atom. The molecule has 3 N–H and O–H groups in total. The number of fused-ring (bicyclic) bond motifs is 1. The molecule has 1 aliphatic heterocycles. The molecule has 2 heterocycles. The number of aryl methyl sites for hydroxylation is 1. The van der Waals surface area contributed by atoms with E-state index >= 15 is 0 Å². The first-order valence-electron chi connectivity index (χ1n) is 8.99. The summed E-state index contributed by atoms with van der Waals surface area (Å²) in [7, 11) is 0. The van der Waals surface area contributed by atoms with Gasteiger partial charge in [0.1, 0.15) is 0 Å². The lowest BCUT2D eigenvalue weighted by Crippen LogP contribution is -2.37. The molecule has 5 heteroatoms. The van der Waals surface area contributed by atoms with Crippen LogP contribution in [0.3, 0.4) is 0 Å². The van der Waals surface area contributed by atoms with Crippen molar-refractivity contribution < 1.29 is 4.79 Å². The summed E-state index contributed by atoms with van der Waals surface area (Å²) in [6.07, 6.45) is 5.14. The summed E-state index contributed by atoms with van der Waals surface area (Å²) in [6.45, 7) is 7.15. The molecule has 1 fully saturated rings. The molecule has 1 atom stereocenters. The van der Waals surface area contributed by atoms with Crippen molar-refractivity contribution in [3.63, 3.8) is 0 Å². The van der Waals surface area contributed by atoms with Crippen molar-refractivity contribution in [1.82, 2.24) is 14.8 Å². The van der Waals surface area contributed by atoms with E-state index in [1.807, 2.05) is 6.07 Å². The van der Waals surface area contributed by atoms with Crippen LogP contribution in [0.5, 0.6) is 0 Å². The molecule has 1 unspecified atom stereocenters. The third-order valence-electron chi connectivity index (χ3n) is 5.07. The highest BCUT2D eigenvalue weighted by Gasteiger charge is 2.22. The molecule has 0 aliphatic carbocycles. The summed E-state index contributed by atoms with van der Waals surface area (Å²) < 4.78 is 2.14. The molecule has 24 heavy (non-hydrogen) atoms. The summed E-state index contributed by atoms with van der Waals surface area (Å²) in [5, 5.41) is 4.89. The number of nitrogens with one attached hydrogen (secondary N) is 1. The number of para-hydroxylation sites is 1. The van der Waals surface area contributed by atoms with Gasteiger partial charge in [0.25, 0.3) is 0 Å². The van der Waals surface area contributed by atoms with Crippen molar-refractivity contribution >= 4 is 16.8 Å². The van der Waals surface area contributed by atoms with E-state index in [1.54, 1.807) is 0 Å². The van der Waals surface area contributed by atoms with Gasteiger partial charge in [0.05, 0.1) is 0 Å². The highest BCUT2D eigenvalue weighted by Crippen LogP contribution is 2.22. The van der Waals surface area contributed by atoms with Crippen molar-refractivity contribution in [3.8, 4) is 0 Å². The lowest BCUT2D eigenvalue weighted by atomic mass is 10.1. The number of hydrogen-bond donors (Lipinski definition) is 2. The summed E-state index contributed by atoms with van der Waals surface area (Å²) in [5.74, 6) is -0.256. The quantitative estimate of drug-likeness (QED) is 0.780. The predicted octanol–water partition coefficient (Wildman–Crippen LogP) is 2.09. The first kappa shape index (κ1) is 17.0. The number of primary amides is 1. The molecule has 0 bridgehead atoms. The highest BCUT2D eigenvalue weighted by atomic mass is 16.1. The average Bonchev–Trinajstić information content (AvgIpc) is 3.18. The molecule has 5 nitrogen and oxygen atoms in total. The van der Waals surface area contributed by atoms with Crippen molar-refractivity contribution in [2.45, 2.75) is 45.3 Å². The number of likely N-dealkylation sites (N-methyl/N-ethyl adjacent to an activating group) is 1. The Bertz CT molecular complexity index is 694. The van der Waals surface area contributed by atoms with Gasteiger partial charge in [0.15, 0.2) is 0 Å². The second kappa shape index (κ2) is 7.81. The molecule has 2 aromatic rings. The van der Waals surface area contributed by atoms with E-state index < -0.39 is 0 Å². The average molecular weight is 328 g/mol. The Morgan fingerprint density at radius 2 is 2.21 bits per heavy atom. The van der Waals surface area contributed by atoms with Crippen LogP contribution in [0.1, 0.15) is 31.7 Å². The van der Waals surface area contributed by atoms with Crippen LogP contribution >= 0.6 is 0 Å². The number of nitrogens with two attached hydrogens (primary N) is 1. The first-order valence-corrected chi connectivity index (χ1v) is 8.99. The Kier molecular flexibility index (Phi) is 5.53. The molecule has 1 aromatic heterocycles. The zero-order chi connectivity index (χ0) is 16.9.